The molecule has 2 rings (SSSR count). The average molecular weight is 264 g/mol. The highest BCUT2D eigenvalue weighted by atomic mass is 79.9. The van der Waals surface area contributed by atoms with Crippen LogP contribution in [-0.2, 0) is 11.3 Å². The lowest BCUT2D eigenvalue weighted by atomic mass is 10.2. The maximum atomic E-state index is 11.5. The van der Waals surface area contributed by atoms with Gasteiger partial charge in [-0.3, -0.25) is 4.79 Å². The van der Waals surface area contributed by atoms with Gasteiger partial charge in [-0.25, -0.2) is 4.98 Å². The Hall–Kier alpha value is -0.350. The third-order valence-corrected chi connectivity index (χ3v) is 3.41. The lowest BCUT2D eigenvalue weighted by molar-refractivity contribution is -0.120. The third-order valence-electron chi connectivity index (χ3n) is 2.16. The fourth-order valence-electron chi connectivity index (χ4n) is 1.11. The molecule has 0 bridgehead atoms. The smallest absolute Gasteiger partial charge is 0.173 e. The molecule has 0 amide bonds. The molecule has 70 valence electrons. The van der Waals surface area contributed by atoms with Crippen molar-refractivity contribution in [1.29, 1.82) is 0 Å². The van der Waals surface area contributed by atoms with Crippen molar-refractivity contribution in [3.05, 3.63) is 17.1 Å². The van der Waals surface area contributed by atoms with E-state index >= 15 is 0 Å². The Bertz CT molecular complexity index is 346. The van der Waals surface area contributed by atoms with Gasteiger partial charge in [-0.1, -0.05) is 0 Å². The molecule has 0 saturated heterocycles. The molecule has 1 heterocycles. The van der Waals surface area contributed by atoms with Gasteiger partial charge in [-0.05, 0) is 28.8 Å². The number of imidazole rings is 1. The molecule has 13 heavy (non-hydrogen) atoms. The number of ketones is 1. The summed E-state index contributed by atoms with van der Waals surface area (Å²) in [7, 11) is 0. The summed E-state index contributed by atoms with van der Waals surface area (Å²) in [5.41, 5.74) is 0. The average Bonchev–Trinajstić information content (AvgIpc) is 2.72. The predicted octanol–water partition coefficient (Wildman–Crippen LogP) is 1.99. The molecule has 0 N–H and O–H groups in total. The molecule has 1 aliphatic rings. The van der Waals surface area contributed by atoms with Gasteiger partial charge in [-0.15, -0.1) is 11.6 Å². The minimum Gasteiger partial charge on any atom is -0.318 e. The highest BCUT2D eigenvalue weighted by Gasteiger charge is 2.47. The van der Waals surface area contributed by atoms with Crippen LogP contribution in [0.4, 0.5) is 0 Å². The lowest BCUT2D eigenvalue weighted by Gasteiger charge is -2.06. The van der Waals surface area contributed by atoms with Gasteiger partial charge < -0.3 is 4.57 Å². The zero-order chi connectivity index (χ0) is 9.47. The molecule has 0 spiro atoms. The highest BCUT2D eigenvalue weighted by Crippen LogP contribution is 2.43. The molecule has 0 radical (unpaired) electrons. The first kappa shape index (κ1) is 9.21. The first-order valence-electron chi connectivity index (χ1n) is 4.00. The van der Waals surface area contributed by atoms with Gasteiger partial charge in [0.05, 0.1) is 19.1 Å². The van der Waals surface area contributed by atoms with Crippen LogP contribution in [0.15, 0.2) is 17.1 Å². The zero-order valence-electron chi connectivity index (χ0n) is 6.83. The molecule has 0 aliphatic heterocycles. The number of halogens is 2. The minimum atomic E-state index is -0.566. The number of aromatic nitrogens is 2. The van der Waals surface area contributed by atoms with E-state index in [-0.39, 0.29) is 5.78 Å². The molecule has 3 nitrogen and oxygen atoms in total. The first-order chi connectivity index (χ1) is 6.12. The van der Waals surface area contributed by atoms with Crippen molar-refractivity contribution < 1.29 is 4.79 Å². The standard InChI is InChI=1S/C8H8BrClN2O/c9-7-3-11-5-12(7)4-6(13)8(10)1-2-8/h3,5H,1-2,4H2. The number of carbonyl (C=O) groups is 1. The SMILES string of the molecule is O=C(Cn1cncc1Br)C1(Cl)CC1. The highest BCUT2D eigenvalue weighted by molar-refractivity contribution is 9.10. The van der Waals surface area contributed by atoms with Gasteiger partial charge in [-0.2, -0.15) is 0 Å². The van der Waals surface area contributed by atoms with E-state index in [2.05, 4.69) is 20.9 Å². The van der Waals surface area contributed by atoms with Crippen LogP contribution < -0.4 is 0 Å². The van der Waals surface area contributed by atoms with Crippen LogP contribution in [0, 0.1) is 0 Å². The fourth-order valence-corrected chi connectivity index (χ4v) is 1.60. The normalized spacial score (nSPS) is 18.6. The van der Waals surface area contributed by atoms with Crippen molar-refractivity contribution in [2.75, 3.05) is 0 Å². The molecule has 1 aromatic heterocycles. The Kier molecular flexibility index (Phi) is 2.20. The van der Waals surface area contributed by atoms with E-state index in [9.17, 15) is 4.79 Å². The summed E-state index contributed by atoms with van der Waals surface area (Å²) in [6.45, 7) is 0.310. The maximum Gasteiger partial charge on any atom is 0.173 e. The fraction of sp³-hybridized carbons (Fsp3) is 0.500. The van der Waals surface area contributed by atoms with Crippen LogP contribution in [0.25, 0.3) is 0 Å². The zero-order valence-corrected chi connectivity index (χ0v) is 9.18. The van der Waals surface area contributed by atoms with Gasteiger partial charge in [0.25, 0.3) is 0 Å². The Morgan fingerprint density at radius 2 is 2.46 bits per heavy atom. The quantitative estimate of drug-likeness (QED) is 0.782. The Labute approximate surface area is 89.2 Å². The van der Waals surface area contributed by atoms with Crippen molar-refractivity contribution >= 4 is 33.3 Å². The number of alkyl halides is 1. The monoisotopic (exact) mass is 262 g/mol. The second kappa shape index (κ2) is 3.10. The molecule has 1 aromatic rings. The molecular weight excluding hydrogens is 255 g/mol. The molecule has 1 saturated carbocycles. The number of hydrogen-bond acceptors (Lipinski definition) is 2. The van der Waals surface area contributed by atoms with Crippen LogP contribution in [0.5, 0.6) is 0 Å². The van der Waals surface area contributed by atoms with E-state index in [1.165, 1.54) is 0 Å². The van der Waals surface area contributed by atoms with E-state index < -0.39 is 4.87 Å². The van der Waals surface area contributed by atoms with Gasteiger partial charge in [0.15, 0.2) is 5.78 Å². The van der Waals surface area contributed by atoms with Crippen molar-refractivity contribution in [3.63, 3.8) is 0 Å². The number of Topliss-reactive ketones (excluding diaryl/α,β-unsaturated/α-hetero) is 1. The van der Waals surface area contributed by atoms with Crippen molar-refractivity contribution in [3.8, 4) is 0 Å². The second-order valence-corrected chi connectivity index (χ2v) is 4.77. The van der Waals surface area contributed by atoms with Crippen molar-refractivity contribution in [2.45, 2.75) is 24.3 Å². The van der Waals surface area contributed by atoms with Gasteiger partial charge >= 0.3 is 0 Å². The molecule has 0 atom stereocenters. The molecular formula is C8H8BrClN2O. The Balaban J connectivity index is 2.06. The van der Waals surface area contributed by atoms with E-state index in [1.807, 2.05) is 0 Å². The minimum absolute atomic E-state index is 0.0767. The predicted molar refractivity (Wildman–Crippen MR) is 52.8 cm³/mol. The van der Waals surface area contributed by atoms with Crippen LogP contribution in [0.2, 0.25) is 0 Å². The van der Waals surface area contributed by atoms with Crippen LogP contribution >= 0.6 is 27.5 Å². The van der Waals surface area contributed by atoms with Crippen molar-refractivity contribution in [1.82, 2.24) is 9.55 Å². The Morgan fingerprint density at radius 3 is 2.92 bits per heavy atom. The summed E-state index contributed by atoms with van der Waals surface area (Å²) in [5.74, 6) is 0.0767. The van der Waals surface area contributed by atoms with E-state index in [4.69, 9.17) is 11.6 Å². The molecule has 1 fully saturated rings. The molecule has 1 aliphatic carbocycles. The summed E-state index contributed by atoms with van der Waals surface area (Å²) in [5, 5.41) is 0. The molecule has 0 unspecified atom stereocenters. The first-order valence-corrected chi connectivity index (χ1v) is 5.17. The largest absolute Gasteiger partial charge is 0.318 e. The van der Waals surface area contributed by atoms with Crippen LogP contribution in [-0.4, -0.2) is 20.2 Å². The molecule has 5 heteroatoms. The van der Waals surface area contributed by atoms with Crippen molar-refractivity contribution in [2.24, 2.45) is 0 Å². The lowest BCUT2D eigenvalue weighted by Crippen LogP contribution is -2.21. The topological polar surface area (TPSA) is 34.9 Å². The summed E-state index contributed by atoms with van der Waals surface area (Å²) in [6, 6.07) is 0. The Morgan fingerprint density at radius 1 is 1.77 bits per heavy atom. The summed E-state index contributed by atoms with van der Waals surface area (Å²) < 4.78 is 2.55. The van der Waals surface area contributed by atoms with E-state index in [1.54, 1.807) is 17.1 Å². The number of nitrogens with zero attached hydrogens (tertiary/aromatic N) is 2. The van der Waals surface area contributed by atoms with Gasteiger partial charge in [0, 0.05) is 0 Å². The van der Waals surface area contributed by atoms with E-state index in [0.29, 0.717) is 6.54 Å². The number of rotatable bonds is 3. The number of carbonyl (C=O) groups excluding carboxylic acids is 1. The summed E-state index contributed by atoms with van der Waals surface area (Å²) >= 11 is 9.25. The van der Waals surface area contributed by atoms with Gasteiger partial charge in [0.2, 0.25) is 0 Å². The third kappa shape index (κ3) is 1.79. The summed E-state index contributed by atoms with van der Waals surface area (Å²) in [6.07, 6.45) is 4.88. The van der Waals surface area contributed by atoms with Crippen LogP contribution in [0.3, 0.4) is 0 Å². The van der Waals surface area contributed by atoms with Crippen LogP contribution in [0.1, 0.15) is 12.8 Å². The second-order valence-electron chi connectivity index (χ2n) is 3.23. The molecule has 0 aromatic carbocycles. The van der Waals surface area contributed by atoms with Gasteiger partial charge in [0.1, 0.15) is 9.48 Å². The maximum absolute atomic E-state index is 11.5. The number of hydrogen-bond donors (Lipinski definition) is 0. The van der Waals surface area contributed by atoms with E-state index in [0.717, 1.165) is 17.4 Å². The summed E-state index contributed by atoms with van der Waals surface area (Å²) in [4.78, 5) is 14.9.